The largest absolute Gasteiger partial charge is 0.444 e. The molecule has 1 unspecified atom stereocenters. The first-order valence-electron chi connectivity index (χ1n) is 7.05. The number of nitrogens with one attached hydrogen (secondary N) is 3. The van der Waals surface area contributed by atoms with Crippen molar-refractivity contribution in [3.63, 3.8) is 0 Å². The fraction of sp³-hybridized carbons (Fsp3) is 0.400. The zero-order chi connectivity index (χ0) is 16.2. The number of carbonyl (C=O) groups excluding carboxylic acids is 1. The maximum Gasteiger partial charge on any atom is 0.413 e. The SMILES string of the molecule is CC(Nc1ccc(NC(=O)OC(C)(C)C)nc1)c1ccn[nH]1. The van der Waals surface area contributed by atoms with Crippen LogP contribution in [0.3, 0.4) is 0 Å². The summed E-state index contributed by atoms with van der Waals surface area (Å²) in [4.78, 5) is 15.8. The van der Waals surface area contributed by atoms with Gasteiger partial charge in [-0.3, -0.25) is 10.4 Å². The molecule has 118 valence electrons. The summed E-state index contributed by atoms with van der Waals surface area (Å²) in [7, 11) is 0. The predicted octanol–water partition coefficient (Wildman–Crippen LogP) is 3.32. The van der Waals surface area contributed by atoms with Gasteiger partial charge in [-0.05, 0) is 45.9 Å². The van der Waals surface area contributed by atoms with Crippen LogP contribution < -0.4 is 10.6 Å². The molecule has 0 fully saturated rings. The molecular formula is C15H21N5O2. The van der Waals surface area contributed by atoms with Crippen LogP contribution in [0.15, 0.2) is 30.6 Å². The molecule has 2 rings (SSSR count). The number of H-pyrrole nitrogens is 1. The molecule has 0 aliphatic carbocycles. The number of amides is 1. The Bertz CT molecular complexity index is 602. The summed E-state index contributed by atoms with van der Waals surface area (Å²) in [6, 6.07) is 5.54. The van der Waals surface area contributed by atoms with Crippen LogP contribution in [0.4, 0.5) is 16.3 Å². The molecule has 2 aromatic heterocycles. The Labute approximate surface area is 129 Å². The van der Waals surface area contributed by atoms with Crippen molar-refractivity contribution in [1.29, 1.82) is 0 Å². The van der Waals surface area contributed by atoms with E-state index in [2.05, 4.69) is 25.8 Å². The summed E-state index contributed by atoms with van der Waals surface area (Å²) in [6.45, 7) is 7.44. The van der Waals surface area contributed by atoms with Crippen molar-refractivity contribution in [1.82, 2.24) is 15.2 Å². The number of rotatable bonds is 4. The van der Waals surface area contributed by atoms with Crippen LogP contribution in [0.25, 0.3) is 0 Å². The van der Waals surface area contributed by atoms with Gasteiger partial charge in [0, 0.05) is 6.20 Å². The molecule has 0 spiro atoms. The van der Waals surface area contributed by atoms with Crippen LogP contribution >= 0.6 is 0 Å². The zero-order valence-electron chi connectivity index (χ0n) is 13.2. The number of hydrogen-bond acceptors (Lipinski definition) is 5. The van der Waals surface area contributed by atoms with Crippen molar-refractivity contribution in [2.24, 2.45) is 0 Å². The number of pyridine rings is 1. The number of aromatic amines is 1. The Morgan fingerprint density at radius 3 is 2.64 bits per heavy atom. The lowest BCUT2D eigenvalue weighted by atomic mass is 10.2. The highest BCUT2D eigenvalue weighted by molar-refractivity contribution is 5.83. The van der Waals surface area contributed by atoms with Crippen LogP contribution in [-0.4, -0.2) is 26.9 Å². The van der Waals surface area contributed by atoms with E-state index in [4.69, 9.17) is 4.74 Å². The number of carbonyl (C=O) groups is 1. The molecule has 0 aromatic carbocycles. The van der Waals surface area contributed by atoms with Crippen molar-refractivity contribution in [2.45, 2.75) is 39.3 Å². The Hall–Kier alpha value is -2.57. The van der Waals surface area contributed by atoms with Gasteiger partial charge in [0.2, 0.25) is 0 Å². The van der Waals surface area contributed by atoms with Crippen LogP contribution in [0.1, 0.15) is 39.4 Å². The van der Waals surface area contributed by atoms with Gasteiger partial charge in [-0.15, -0.1) is 0 Å². The third kappa shape index (κ3) is 4.76. The van der Waals surface area contributed by atoms with Gasteiger partial charge < -0.3 is 10.1 Å². The Morgan fingerprint density at radius 1 is 1.32 bits per heavy atom. The second kappa shape index (κ2) is 6.46. The molecule has 0 bridgehead atoms. The zero-order valence-corrected chi connectivity index (χ0v) is 13.2. The van der Waals surface area contributed by atoms with Gasteiger partial charge in [0.1, 0.15) is 11.4 Å². The van der Waals surface area contributed by atoms with Crippen molar-refractivity contribution in [3.05, 3.63) is 36.3 Å². The number of nitrogens with zero attached hydrogens (tertiary/aromatic N) is 2. The molecule has 0 saturated heterocycles. The predicted molar refractivity (Wildman–Crippen MR) is 84.7 cm³/mol. The molecule has 0 radical (unpaired) electrons. The normalized spacial score (nSPS) is 12.5. The van der Waals surface area contributed by atoms with E-state index in [0.29, 0.717) is 5.82 Å². The summed E-state index contributed by atoms with van der Waals surface area (Å²) < 4.78 is 5.17. The van der Waals surface area contributed by atoms with E-state index >= 15 is 0 Å². The first-order valence-corrected chi connectivity index (χ1v) is 7.05. The van der Waals surface area contributed by atoms with Crippen LogP contribution in [0.5, 0.6) is 0 Å². The third-order valence-corrected chi connectivity index (χ3v) is 2.76. The molecule has 3 N–H and O–H groups in total. The minimum absolute atomic E-state index is 0.0777. The first-order chi connectivity index (χ1) is 10.3. The molecule has 1 atom stereocenters. The van der Waals surface area contributed by atoms with E-state index in [1.165, 1.54) is 0 Å². The fourth-order valence-corrected chi connectivity index (χ4v) is 1.80. The summed E-state index contributed by atoms with van der Waals surface area (Å²) in [5.41, 5.74) is 1.29. The molecule has 7 nitrogen and oxygen atoms in total. The Kier molecular flexibility index (Phi) is 4.65. The molecule has 0 saturated carbocycles. The third-order valence-electron chi connectivity index (χ3n) is 2.76. The second-order valence-corrected chi connectivity index (χ2v) is 5.94. The maximum atomic E-state index is 11.6. The Morgan fingerprint density at radius 2 is 2.09 bits per heavy atom. The molecule has 2 heterocycles. The molecular weight excluding hydrogens is 282 g/mol. The maximum absolute atomic E-state index is 11.6. The highest BCUT2D eigenvalue weighted by Gasteiger charge is 2.16. The highest BCUT2D eigenvalue weighted by atomic mass is 16.6. The summed E-state index contributed by atoms with van der Waals surface area (Å²) in [5, 5.41) is 12.7. The van der Waals surface area contributed by atoms with Crippen molar-refractivity contribution >= 4 is 17.6 Å². The van der Waals surface area contributed by atoms with Gasteiger partial charge in [-0.25, -0.2) is 9.78 Å². The number of aromatic nitrogens is 3. The molecule has 0 aliphatic rings. The van der Waals surface area contributed by atoms with Gasteiger partial charge >= 0.3 is 6.09 Å². The number of ether oxygens (including phenoxy) is 1. The summed E-state index contributed by atoms with van der Waals surface area (Å²) in [5.74, 6) is 0.439. The number of anilines is 2. The summed E-state index contributed by atoms with van der Waals surface area (Å²) >= 11 is 0. The minimum Gasteiger partial charge on any atom is -0.444 e. The van der Waals surface area contributed by atoms with Gasteiger partial charge in [-0.1, -0.05) is 0 Å². The fourth-order valence-electron chi connectivity index (χ4n) is 1.80. The molecule has 7 heteroatoms. The van der Waals surface area contributed by atoms with E-state index in [1.54, 1.807) is 18.5 Å². The molecule has 0 aliphatic heterocycles. The van der Waals surface area contributed by atoms with Gasteiger partial charge in [0.05, 0.1) is 23.6 Å². The first kappa shape index (κ1) is 15.8. The van der Waals surface area contributed by atoms with E-state index in [9.17, 15) is 4.79 Å². The van der Waals surface area contributed by atoms with Crippen molar-refractivity contribution in [2.75, 3.05) is 10.6 Å². The van der Waals surface area contributed by atoms with Crippen LogP contribution in [0.2, 0.25) is 0 Å². The van der Waals surface area contributed by atoms with E-state index in [0.717, 1.165) is 11.4 Å². The molecule has 22 heavy (non-hydrogen) atoms. The van der Waals surface area contributed by atoms with E-state index in [-0.39, 0.29) is 6.04 Å². The van der Waals surface area contributed by atoms with Crippen molar-refractivity contribution in [3.8, 4) is 0 Å². The van der Waals surface area contributed by atoms with Gasteiger partial charge in [0.25, 0.3) is 0 Å². The number of hydrogen-bond donors (Lipinski definition) is 3. The smallest absolute Gasteiger partial charge is 0.413 e. The lowest BCUT2D eigenvalue weighted by molar-refractivity contribution is 0.0635. The average Bonchev–Trinajstić information content (AvgIpc) is 2.92. The highest BCUT2D eigenvalue weighted by Crippen LogP contribution is 2.18. The Balaban J connectivity index is 1.91. The average molecular weight is 303 g/mol. The molecule has 1 amide bonds. The van der Waals surface area contributed by atoms with E-state index in [1.807, 2.05) is 39.8 Å². The lowest BCUT2D eigenvalue weighted by Gasteiger charge is -2.19. The van der Waals surface area contributed by atoms with Crippen LogP contribution in [0, 0.1) is 0 Å². The van der Waals surface area contributed by atoms with Crippen LogP contribution in [-0.2, 0) is 4.74 Å². The minimum atomic E-state index is -0.537. The quantitative estimate of drug-likeness (QED) is 0.805. The van der Waals surface area contributed by atoms with Gasteiger partial charge in [-0.2, -0.15) is 5.10 Å². The summed E-state index contributed by atoms with van der Waals surface area (Å²) in [6.07, 6.45) is 2.84. The lowest BCUT2D eigenvalue weighted by Crippen LogP contribution is -2.27. The topological polar surface area (TPSA) is 91.9 Å². The molecule has 2 aromatic rings. The monoisotopic (exact) mass is 303 g/mol. The standard InChI is InChI=1S/C15H21N5O2/c1-10(12-7-8-17-20-12)18-11-5-6-13(16-9-11)19-14(21)22-15(2,3)4/h5-10,18H,1-4H3,(H,17,20)(H,16,19,21). The van der Waals surface area contributed by atoms with Gasteiger partial charge in [0.15, 0.2) is 0 Å². The second-order valence-electron chi connectivity index (χ2n) is 5.94. The van der Waals surface area contributed by atoms with Crippen molar-refractivity contribution < 1.29 is 9.53 Å². The van der Waals surface area contributed by atoms with E-state index < -0.39 is 11.7 Å².